The van der Waals surface area contributed by atoms with E-state index in [-0.39, 0.29) is 5.69 Å². The largest absolute Gasteiger partial charge is 0.491 e. The molecule has 0 aromatic carbocycles. The Morgan fingerprint density at radius 3 is 2.41 bits per heavy atom. The Balaban J connectivity index is 2.29. The van der Waals surface area contributed by atoms with Crippen molar-refractivity contribution in [2.75, 3.05) is 5.75 Å². The Labute approximate surface area is 136 Å². The van der Waals surface area contributed by atoms with Crippen LogP contribution in [0.2, 0.25) is 0 Å². The summed E-state index contributed by atoms with van der Waals surface area (Å²) in [5, 5.41) is 9.00. The smallest absolute Gasteiger partial charge is 0.477 e. The van der Waals surface area contributed by atoms with Crippen LogP contribution in [0.5, 0.6) is 0 Å². The van der Waals surface area contributed by atoms with Gasteiger partial charge in [-0.05, 0) is 51.4 Å². The molecular weight excluding hydrogens is 301 g/mol. The van der Waals surface area contributed by atoms with Crippen LogP contribution in [0, 0.1) is 0 Å². The molecular formula is C15H20BNO4S. The molecule has 1 aromatic heterocycles. The fourth-order valence-electron chi connectivity index (χ4n) is 2.02. The Bertz CT molecular complexity index is 599. The van der Waals surface area contributed by atoms with Gasteiger partial charge in [0, 0.05) is 5.75 Å². The Morgan fingerprint density at radius 1 is 1.32 bits per heavy atom. The van der Waals surface area contributed by atoms with Crippen LogP contribution in [0.1, 0.15) is 43.9 Å². The minimum absolute atomic E-state index is 0.00110. The molecule has 1 saturated heterocycles. The molecule has 118 valence electrons. The molecule has 22 heavy (non-hydrogen) atoms. The van der Waals surface area contributed by atoms with Crippen molar-refractivity contribution < 1.29 is 19.2 Å². The van der Waals surface area contributed by atoms with Crippen LogP contribution in [0.4, 0.5) is 0 Å². The van der Waals surface area contributed by atoms with Crippen LogP contribution >= 0.6 is 12.6 Å². The minimum atomic E-state index is -1.06. The molecule has 0 unspecified atom stereocenters. The van der Waals surface area contributed by atoms with E-state index in [9.17, 15) is 4.79 Å². The molecule has 2 rings (SSSR count). The Hall–Kier alpha value is -1.31. The van der Waals surface area contributed by atoms with Gasteiger partial charge < -0.3 is 14.4 Å². The summed E-state index contributed by atoms with van der Waals surface area (Å²) in [5.41, 5.74) is 0.475. The Morgan fingerprint density at radius 2 is 1.91 bits per heavy atom. The van der Waals surface area contributed by atoms with Crippen molar-refractivity contribution in [3.63, 3.8) is 0 Å². The number of hydrogen-bond acceptors (Lipinski definition) is 5. The van der Waals surface area contributed by atoms with Crippen molar-refractivity contribution in [3.05, 3.63) is 35.1 Å². The predicted octanol–water partition coefficient (Wildman–Crippen LogP) is 2.72. The topological polar surface area (TPSA) is 68.7 Å². The number of aromatic nitrogens is 1. The zero-order valence-electron chi connectivity index (χ0n) is 13.2. The van der Waals surface area contributed by atoms with E-state index >= 15 is 0 Å². The second kappa shape index (κ2) is 6.06. The predicted molar refractivity (Wildman–Crippen MR) is 89.1 cm³/mol. The van der Waals surface area contributed by atoms with E-state index in [0.717, 1.165) is 5.47 Å². The fraction of sp³-hybridized carbons (Fsp3) is 0.467. The van der Waals surface area contributed by atoms with Gasteiger partial charge >= 0.3 is 13.1 Å². The van der Waals surface area contributed by atoms with Crippen LogP contribution in [0.15, 0.2) is 23.7 Å². The van der Waals surface area contributed by atoms with E-state index in [4.69, 9.17) is 14.4 Å². The molecule has 0 saturated carbocycles. The highest BCUT2D eigenvalue weighted by Crippen LogP contribution is 2.38. The van der Waals surface area contributed by atoms with Gasteiger partial charge in [-0.3, -0.25) is 0 Å². The van der Waals surface area contributed by atoms with E-state index in [2.05, 4.69) is 17.6 Å². The zero-order chi connectivity index (χ0) is 16.5. The van der Waals surface area contributed by atoms with E-state index in [1.165, 1.54) is 6.07 Å². The van der Waals surface area contributed by atoms with Gasteiger partial charge in [0.2, 0.25) is 0 Å². The third-order valence-electron chi connectivity index (χ3n) is 4.06. The fourth-order valence-corrected chi connectivity index (χ4v) is 2.26. The van der Waals surface area contributed by atoms with E-state index in [1.54, 1.807) is 18.2 Å². The van der Waals surface area contributed by atoms with Gasteiger partial charge in [0.15, 0.2) is 0 Å². The van der Waals surface area contributed by atoms with Crippen LogP contribution in [-0.4, -0.2) is 40.1 Å². The van der Waals surface area contributed by atoms with Crippen molar-refractivity contribution in [2.24, 2.45) is 0 Å². The maximum absolute atomic E-state index is 11.0. The molecule has 0 aliphatic carbocycles. The summed E-state index contributed by atoms with van der Waals surface area (Å²) < 4.78 is 12.0. The van der Waals surface area contributed by atoms with Gasteiger partial charge in [-0.1, -0.05) is 6.07 Å². The van der Waals surface area contributed by atoms with Crippen LogP contribution in [0.25, 0.3) is 6.08 Å². The second-order valence-electron chi connectivity index (χ2n) is 6.22. The molecule has 1 aliphatic heterocycles. The average Bonchev–Trinajstić information content (AvgIpc) is 2.65. The Kier molecular flexibility index (Phi) is 4.70. The molecule has 0 atom stereocenters. The number of thiol groups is 1. The molecule has 1 aromatic rings. The molecule has 5 nitrogen and oxygen atoms in total. The maximum atomic E-state index is 11.0. The highest BCUT2D eigenvalue weighted by molar-refractivity contribution is 7.80. The molecule has 1 fully saturated rings. The molecule has 0 amide bonds. The van der Waals surface area contributed by atoms with Gasteiger partial charge in [-0.2, -0.15) is 12.6 Å². The molecule has 1 N–H and O–H groups in total. The summed E-state index contributed by atoms with van der Waals surface area (Å²) in [6.07, 6.45) is 1.77. The van der Waals surface area contributed by atoms with Crippen LogP contribution in [0.3, 0.4) is 0 Å². The zero-order valence-corrected chi connectivity index (χ0v) is 14.1. The number of nitrogens with zero attached hydrogens (tertiary/aromatic N) is 1. The molecule has 1 aliphatic rings. The molecule has 0 spiro atoms. The molecule has 7 heteroatoms. The quantitative estimate of drug-likeness (QED) is 0.659. The summed E-state index contributed by atoms with van der Waals surface area (Å²) in [5.74, 6) is -0.631. The van der Waals surface area contributed by atoms with E-state index in [0.29, 0.717) is 11.4 Å². The lowest BCUT2D eigenvalue weighted by atomic mass is 9.78. The number of aromatic carboxylic acids is 1. The summed E-state index contributed by atoms with van der Waals surface area (Å²) in [4.78, 5) is 15.1. The first-order chi connectivity index (χ1) is 10.2. The monoisotopic (exact) mass is 321 g/mol. The van der Waals surface area contributed by atoms with Gasteiger partial charge in [0.1, 0.15) is 5.69 Å². The molecule has 2 heterocycles. The van der Waals surface area contributed by atoms with Crippen molar-refractivity contribution in [1.82, 2.24) is 4.98 Å². The summed E-state index contributed by atoms with van der Waals surface area (Å²) in [6.45, 7) is 7.91. The van der Waals surface area contributed by atoms with Crippen molar-refractivity contribution >= 4 is 31.8 Å². The van der Waals surface area contributed by atoms with Gasteiger partial charge in [-0.15, -0.1) is 0 Å². The lowest BCUT2D eigenvalue weighted by Crippen LogP contribution is -2.41. The number of rotatable bonds is 4. The van der Waals surface area contributed by atoms with Gasteiger partial charge in [0.05, 0.1) is 16.9 Å². The van der Waals surface area contributed by atoms with E-state index in [1.807, 2.05) is 27.7 Å². The highest BCUT2D eigenvalue weighted by atomic mass is 32.1. The number of hydrogen-bond donors (Lipinski definition) is 2. The van der Waals surface area contributed by atoms with Crippen molar-refractivity contribution in [1.29, 1.82) is 0 Å². The number of carbonyl (C=O) groups is 1. The summed E-state index contributed by atoms with van der Waals surface area (Å²) >= 11 is 4.33. The summed E-state index contributed by atoms with van der Waals surface area (Å²) in [7, 11) is -0.516. The normalized spacial score (nSPS) is 20.2. The lowest BCUT2D eigenvalue weighted by Gasteiger charge is -2.32. The number of carboxylic acid groups (broad SMARTS) is 1. The third kappa shape index (κ3) is 3.37. The molecule has 0 radical (unpaired) electrons. The first-order valence-electron chi connectivity index (χ1n) is 7.03. The third-order valence-corrected chi connectivity index (χ3v) is 4.43. The second-order valence-corrected chi connectivity index (χ2v) is 6.53. The van der Waals surface area contributed by atoms with Crippen LogP contribution in [-0.2, 0) is 9.31 Å². The lowest BCUT2D eigenvalue weighted by molar-refractivity contribution is 0.00578. The number of pyridine rings is 1. The standard InChI is InChI=1S/C15H20BNO4S/c1-14(2)15(3,4)21-16(20-14)10(9-22)8-11-6-5-7-12(17-11)13(18)19/h5-8,22H,9H2,1-4H3,(H,18,19). The SMILES string of the molecule is CC1(C)OB(C(=Cc2cccc(C(=O)O)n2)CS)OC1(C)C. The number of carboxylic acids is 1. The highest BCUT2D eigenvalue weighted by Gasteiger charge is 2.52. The van der Waals surface area contributed by atoms with Crippen LogP contribution < -0.4 is 0 Å². The van der Waals surface area contributed by atoms with E-state index < -0.39 is 24.3 Å². The maximum Gasteiger partial charge on any atom is 0.491 e. The van der Waals surface area contributed by atoms with Crippen molar-refractivity contribution in [2.45, 2.75) is 38.9 Å². The molecule has 0 bridgehead atoms. The van der Waals surface area contributed by atoms with Gasteiger partial charge in [0.25, 0.3) is 0 Å². The first-order valence-corrected chi connectivity index (χ1v) is 7.67. The average molecular weight is 321 g/mol. The summed E-state index contributed by atoms with van der Waals surface area (Å²) in [6, 6.07) is 4.85. The van der Waals surface area contributed by atoms with Crippen molar-refractivity contribution in [3.8, 4) is 0 Å². The first kappa shape index (κ1) is 17.1. The minimum Gasteiger partial charge on any atom is -0.477 e. The van der Waals surface area contributed by atoms with Gasteiger partial charge in [-0.25, -0.2) is 9.78 Å².